The number of carbonyl (C=O) groups is 1. The maximum absolute atomic E-state index is 12.5. The van der Waals surface area contributed by atoms with E-state index in [1.54, 1.807) is 0 Å². The van der Waals surface area contributed by atoms with Crippen molar-refractivity contribution in [1.82, 2.24) is 10.2 Å². The number of rotatable bonds is 6. The average Bonchev–Trinajstić information content (AvgIpc) is 3.02. The SMILES string of the molecule is CCCCCc1nnc(NC(=O)c2cccc3ccccc23)s1. The lowest BCUT2D eigenvalue weighted by molar-refractivity contribution is 0.102. The summed E-state index contributed by atoms with van der Waals surface area (Å²) in [5.41, 5.74) is 0.658. The molecule has 118 valence electrons. The van der Waals surface area contributed by atoms with E-state index in [1.807, 2.05) is 42.5 Å². The van der Waals surface area contributed by atoms with Gasteiger partial charge in [-0.05, 0) is 23.3 Å². The number of fused-ring (bicyclic) bond motifs is 1. The van der Waals surface area contributed by atoms with Crippen LogP contribution < -0.4 is 5.32 Å². The standard InChI is InChI=1S/C18H19N3OS/c1-2-3-4-12-16-20-21-18(23-16)19-17(22)15-11-7-9-13-8-5-6-10-14(13)15/h5-11H,2-4,12H2,1H3,(H,19,21,22). The fraction of sp³-hybridized carbons (Fsp3) is 0.278. The van der Waals surface area contributed by atoms with Gasteiger partial charge < -0.3 is 0 Å². The zero-order chi connectivity index (χ0) is 16.1. The summed E-state index contributed by atoms with van der Waals surface area (Å²) in [6, 6.07) is 13.6. The zero-order valence-electron chi connectivity index (χ0n) is 13.1. The summed E-state index contributed by atoms with van der Waals surface area (Å²) in [7, 11) is 0. The van der Waals surface area contributed by atoms with Gasteiger partial charge in [0, 0.05) is 12.0 Å². The molecular weight excluding hydrogens is 306 g/mol. The Morgan fingerprint density at radius 3 is 2.78 bits per heavy atom. The fourth-order valence-corrected chi connectivity index (χ4v) is 3.30. The van der Waals surface area contributed by atoms with Gasteiger partial charge in [0.05, 0.1) is 0 Å². The summed E-state index contributed by atoms with van der Waals surface area (Å²) < 4.78 is 0. The topological polar surface area (TPSA) is 54.9 Å². The molecule has 3 rings (SSSR count). The van der Waals surface area contributed by atoms with Gasteiger partial charge in [0.2, 0.25) is 5.13 Å². The van der Waals surface area contributed by atoms with Crippen molar-refractivity contribution < 1.29 is 4.79 Å². The first-order valence-corrected chi connectivity index (χ1v) is 8.71. The van der Waals surface area contributed by atoms with E-state index in [4.69, 9.17) is 0 Å². The lowest BCUT2D eigenvalue weighted by Gasteiger charge is -2.05. The van der Waals surface area contributed by atoms with Crippen molar-refractivity contribution >= 4 is 33.1 Å². The Labute approximate surface area is 139 Å². The highest BCUT2D eigenvalue weighted by molar-refractivity contribution is 7.15. The van der Waals surface area contributed by atoms with Gasteiger partial charge >= 0.3 is 0 Å². The smallest absolute Gasteiger partial charge is 0.258 e. The molecule has 1 heterocycles. The summed E-state index contributed by atoms with van der Waals surface area (Å²) >= 11 is 1.46. The molecule has 0 aliphatic heterocycles. The number of carbonyl (C=O) groups excluding carboxylic acids is 1. The molecule has 3 aromatic rings. The lowest BCUT2D eigenvalue weighted by atomic mass is 10.0. The van der Waals surface area contributed by atoms with Crippen molar-refractivity contribution in [2.45, 2.75) is 32.6 Å². The number of hydrogen-bond donors (Lipinski definition) is 1. The number of nitrogens with one attached hydrogen (secondary N) is 1. The predicted molar refractivity (Wildman–Crippen MR) is 95.0 cm³/mol. The minimum atomic E-state index is -0.141. The molecule has 2 aromatic carbocycles. The molecule has 0 radical (unpaired) electrons. The molecule has 0 bridgehead atoms. The van der Waals surface area contributed by atoms with Crippen LogP contribution in [0.5, 0.6) is 0 Å². The van der Waals surface area contributed by atoms with Gasteiger partial charge in [-0.15, -0.1) is 10.2 Å². The second-order valence-electron chi connectivity index (χ2n) is 5.44. The first-order chi connectivity index (χ1) is 11.3. The molecule has 0 saturated carbocycles. The summed E-state index contributed by atoms with van der Waals surface area (Å²) in [6.07, 6.45) is 4.42. The Bertz CT molecular complexity index is 807. The van der Waals surface area contributed by atoms with Crippen LogP contribution in [0.15, 0.2) is 42.5 Å². The Kier molecular flexibility index (Phi) is 4.98. The van der Waals surface area contributed by atoms with Crippen LogP contribution in [0, 0.1) is 0 Å². The van der Waals surface area contributed by atoms with E-state index in [-0.39, 0.29) is 5.91 Å². The zero-order valence-corrected chi connectivity index (χ0v) is 13.9. The number of amides is 1. The molecule has 1 amide bonds. The molecule has 0 aliphatic rings. The molecule has 0 fully saturated rings. The van der Waals surface area contributed by atoms with E-state index < -0.39 is 0 Å². The number of unbranched alkanes of at least 4 members (excludes halogenated alkanes) is 2. The fourth-order valence-electron chi connectivity index (χ4n) is 2.52. The second-order valence-corrected chi connectivity index (χ2v) is 6.50. The molecule has 0 spiro atoms. The van der Waals surface area contributed by atoms with E-state index >= 15 is 0 Å². The summed E-state index contributed by atoms with van der Waals surface area (Å²) in [6.45, 7) is 2.18. The lowest BCUT2D eigenvalue weighted by Crippen LogP contribution is -2.12. The van der Waals surface area contributed by atoms with Gasteiger partial charge in [0.15, 0.2) is 0 Å². The Balaban J connectivity index is 1.73. The first kappa shape index (κ1) is 15.6. The highest BCUT2D eigenvalue weighted by Gasteiger charge is 2.12. The quantitative estimate of drug-likeness (QED) is 0.670. The Hall–Kier alpha value is -2.27. The molecular formula is C18H19N3OS. The monoisotopic (exact) mass is 325 g/mol. The van der Waals surface area contributed by atoms with Gasteiger partial charge in [-0.25, -0.2) is 0 Å². The molecule has 4 nitrogen and oxygen atoms in total. The van der Waals surface area contributed by atoms with Crippen molar-refractivity contribution in [2.24, 2.45) is 0 Å². The number of hydrogen-bond acceptors (Lipinski definition) is 4. The van der Waals surface area contributed by atoms with Crippen molar-refractivity contribution in [3.8, 4) is 0 Å². The number of aromatic nitrogens is 2. The molecule has 5 heteroatoms. The van der Waals surface area contributed by atoms with E-state index in [0.29, 0.717) is 10.7 Å². The van der Waals surface area contributed by atoms with Crippen molar-refractivity contribution in [1.29, 1.82) is 0 Å². The molecule has 1 N–H and O–H groups in total. The van der Waals surface area contributed by atoms with Crippen LogP contribution in [0.3, 0.4) is 0 Å². The highest BCUT2D eigenvalue weighted by atomic mass is 32.1. The third kappa shape index (κ3) is 3.74. The van der Waals surface area contributed by atoms with Crippen LogP contribution >= 0.6 is 11.3 Å². The van der Waals surface area contributed by atoms with Crippen molar-refractivity contribution in [3.63, 3.8) is 0 Å². The average molecular weight is 325 g/mol. The second kappa shape index (κ2) is 7.33. The van der Waals surface area contributed by atoms with Crippen LogP contribution in [0.4, 0.5) is 5.13 Å². The predicted octanol–water partition coefficient (Wildman–Crippen LogP) is 4.68. The maximum atomic E-state index is 12.5. The van der Waals surface area contributed by atoms with Crippen LogP contribution in [0.2, 0.25) is 0 Å². The number of benzene rings is 2. The number of aryl methyl sites for hydroxylation is 1. The van der Waals surface area contributed by atoms with Gasteiger partial charge in [-0.3, -0.25) is 10.1 Å². The minimum absolute atomic E-state index is 0.141. The van der Waals surface area contributed by atoms with Gasteiger partial charge in [0.1, 0.15) is 5.01 Å². The van der Waals surface area contributed by atoms with E-state index in [0.717, 1.165) is 28.6 Å². The van der Waals surface area contributed by atoms with Crippen LogP contribution in [-0.4, -0.2) is 16.1 Å². The van der Waals surface area contributed by atoms with Crippen LogP contribution in [0.25, 0.3) is 10.8 Å². The van der Waals surface area contributed by atoms with E-state index in [1.165, 1.54) is 24.2 Å². The largest absolute Gasteiger partial charge is 0.296 e. The van der Waals surface area contributed by atoms with E-state index in [9.17, 15) is 4.79 Å². The maximum Gasteiger partial charge on any atom is 0.258 e. The van der Waals surface area contributed by atoms with Crippen LogP contribution in [-0.2, 0) is 6.42 Å². The summed E-state index contributed by atoms with van der Waals surface area (Å²) in [5.74, 6) is -0.141. The molecule has 0 unspecified atom stereocenters. The molecule has 0 atom stereocenters. The Morgan fingerprint density at radius 2 is 1.91 bits per heavy atom. The number of anilines is 1. The summed E-state index contributed by atoms with van der Waals surface area (Å²) in [4.78, 5) is 12.5. The van der Waals surface area contributed by atoms with Crippen molar-refractivity contribution in [2.75, 3.05) is 5.32 Å². The molecule has 23 heavy (non-hydrogen) atoms. The third-order valence-electron chi connectivity index (χ3n) is 3.72. The number of nitrogens with zero attached hydrogens (tertiary/aromatic N) is 2. The van der Waals surface area contributed by atoms with E-state index in [2.05, 4.69) is 22.4 Å². The Morgan fingerprint density at radius 1 is 1.09 bits per heavy atom. The normalized spacial score (nSPS) is 10.8. The first-order valence-electron chi connectivity index (χ1n) is 7.89. The molecule has 0 aliphatic carbocycles. The van der Waals surface area contributed by atoms with Crippen LogP contribution in [0.1, 0.15) is 41.6 Å². The highest BCUT2D eigenvalue weighted by Crippen LogP contribution is 2.22. The van der Waals surface area contributed by atoms with Gasteiger partial charge in [0.25, 0.3) is 5.91 Å². The van der Waals surface area contributed by atoms with Gasteiger partial charge in [-0.1, -0.05) is 67.5 Å². The third-order valence-corrected chi connectivity index (χ3v) is 4.61. The van der Waals surface area contributed by atoms with Gasteiger partial charge in [-0.2, -0.15) is 0 Å². The summed E-state index contributed by atoms with van der Waals surface area (Å²) in [5, 5.41) is 14.6. The van der Waals surface area contributed by atoms with Crippen molar-refractivity contribution in [3.05, 3.63) is 53.0 Å². The molecule has 1 aromatic heterocycles. The minimum Gasteiger partial charge on any atom is -0.296 e. The molecule has 0 saturated heterocycles.